The van der Waals surface area contributed by atoms with Crippen molar-refractivity contribution >= 4 is 11.7 Å². The van der Waals surface area contributed by atoms with Gasteiger partial charge in [0.15, 0.2) is 5.76 Å². The Hall–Kier alpha value is -2.41. The summed E-state index contributed by atoms with van der Waals surface area (Å²) in [5, 5.41) is 6.91. The third-order valence-electron chi connectivity index (χ3n) is 5.16. The van der Waals surface area contributed by atoms with Crippen molar-refractivity contribution in [3.63, 3.8) is 0 Å². The minimum absolute atomic E-state index is 0.0685. The normalized spacial score (nSPS) is 17.7. The number of aryl methyl sites for hydroxylation is 1. The Morgan fingerprint density at radius 2 is 2.26 bits per heavy atom. The van der Waals surface area contributed by atoms with Crippen LogP contribution in [0.5, 0.6) is 0 Å². The van der Waals surface area contributed by atoms with E-state index >= 15 is 0 Å². The first-order valence-electron chi connectivity index (χ1n) is 9.61. The molecule has 1 atom stereocenters. The fraction of sp³-hybridized carbons (Fsp3) is 0.550. The summed E-state index contributed by atoms with van der Waals surface area (Å²) in [5.41, 5.74) is 1.44. The Morgan fingerprint density at radius 1 is 1.41 bits per heavy atom. The fourth-order valence-electron chi connectivity index (χ4n) is 3.51. The van der Waals surface area contributed by atoms with Gasteiger partial charge in [-0.15, -0.1) is 0 Å². The largest absolute Gasteiger partial charge is 0.359 e. The molecule has 27 heavy (non-hydrogen) atoms. The van der Waals surface area contributed by atoms with E-state index in [0.29, 0.717) is 24.7 Å². The number of aromatic nitrogens is 2. The SMILES string of the molecule is Cc1cc(CN(C)c2ccc(C(=O)NCC[C@H]3CCCCN3C)cn2)on1. The number of pyridine rings is 1. The maximum absolute atomic E-state index is 12.3. The van der Waals surface area contributed by atoms with Gasteiger partial charge in [-0.3, -0.25) is 4.79 Å². The Morgan fingerprint density at radius 3 is 2.93 bits per heavy atom. The molecule has 0 aromatic carbocycles. The lowest BCUT2D eigenvalue weighted by atomic mass is 10.0. The molecule has 0 bridgehead atoms. The number of rotatable bonds is 7. The van der Waals surface area contributed by atoms with Gasteiger partial charge in [0.2, 0.25) is 0 Å². The lowest BCUT2D eigenvalue weighted by Crippen LogP contribution is -2.39. The van der Waals surface area contributed by atoms with Gasteiger partial charge < -0.3 is 19.6 Å². The number of likely N-dealkylation sites (tertiary alicyclic amines) is 1. The maximum Gasteiger partial charge on any atom is 0.252 e. The third-order valence-corrected chi connectivity index (χ3v) is 5.16. The number of carbonyl (C=O) groups is 1. The smallest absolute Gasteiger partial charge is 0.252 e. The Bertz CT molecular complexity index is 743. The summed E-state index contributed by atoms with van der Waals surface area (Å²) in [4.78, 5) is 21.1. The molecule has 1 aliphatic rings. The molecule has 0 saturated carbocycles. The number of hydrogen-bond acceptors (Lipinski definition) is 6. The van der Waals surface area contributed by atoms with Crippen LogP contribution in [0, 0.1) is 6.92 Å². The van der Waals surface area contributed by atoms with Crippen molar-refractivity contribution < 1.29 is 9.32 Å². The molecule has 0 spiro atoms. The van der Waals surface area contributed by atoms with Crippen LogP contribution in [0.2, 0.25) is 0 Å². The quantitative estimate of drug-likeness (QED) is 0.806. The molecule has 0 unspecified atom stereocenters. The second kappa shape index (κ2) is 8.99. The van der Waals surface area contributed by atoms with Crippen molar-refractivity contribution in [2.45, 2.75) is 45.2 Å². The van der Waals surface area contributed by atoms with Crippen LogP contribution in [-0.2, 0) is 6.54 Å². The number of hydrogen-bond donors (Lipinski definition) is 1. The van der Waals surface area contributed by atoms with Gasteiger partial charge in [-0.1, -0.05) is 11.6 Å². The van der Waals surface area contributed by atoms with Crippen LogP contribution in [0.3, 0.4) is 0 Å². The molecule has 7 heteroatoms. The van der Waals surface area contributed by atoms with Crippen LogP contribution in [0.25, 0.3) is 0 Å². The van der Waals surface area contributed by atoms with E-state index in [-0.39, 0.29) is 5.91 Å². The molecule has 146 valence electrons. The molecule has 1 fully saturated rings. The molecule has 0 radical (unpaired) electrons. The average molecular weight is 371 g/mol. The van der Waals surface area contributed by atoms with Gasteiger partial charge in [0.1, 0.15) is 5.82 Å². The molecular weight excluding hydrogens is 342 g/mol. The first-order valence-corrected chi connectivity index (χ1v) is 9.61. The van der Waals surface area contributed by atoms with Crippen molar-refractivity contribution in [1.29, 1.82) is 0 Å². The summed E-state index contributed by atoms with van der Waals surface area (Å²) in [7, 11) is 4.10. The zero-order chi connectivity index (χ0) is 19.2. The van der Waals surface area contributed by atoms with Crippen molar-refractivity contribution in [1.82, 2.24) is 20.4 Å². The van der Waals surface area contributed by atoms with E-state index in [4.69, 9.17) is 4.52 Å². The number of carbonyl (C=O) groups excluding carboxylic acids is 1. The maximum atomic E-state index is 12.3. The lowest BCUT2D eigenvalue weighted by Gasteiger charge is -2.32. The first-order chi connectivity index (χ1) is 13.0. The van der Waals surface area contributed by atoms with Gasteiger partial charge in [0.25, 0.3) is 5.91 Å². The monoisotopic (exact) mass is 371 g/mol. The highest BCUT2D eigenvalue weighted by Gasteiger charge is 2.18. The molecule has 3 rings (SSSR count). The summed E-state index contributed by atoms with van der Waals surface area (Å²) in [5.74, 6) is 1.50. The van der Waals surface area contributed by atoms with Crippen molar-refractivity contribution in [2.24, 2.45) is 0 Å². The van der Waals surface area contributed by atoms with Crippen molar-refractivity contribution in [2.75, 3.05) is 32.1 Å². The van der Waals surface area contributed by atoms with Crippen LogP contribution < -0.4 is 10.2 Å². The third kappa shape index (κ3) is 5.29. The van der Waals surface area contributed by atoms with Gasteiger partial charge in [-0.05, 0) is 51.9 Å². The van der Waals surface area contributed by atoms with E-state index < -0.39 is 0 Å². The van der Waals surface area contributed by atoms with Crippen molar-refractivity contribution in [3.8, 4) is 0 Å². The number of nitrogens with zero attached hydrogens (tertiary/aromatic N) is 4. The number of anilines is 1. The molecule has 7 nitrogen and oxygen atoms in total. The van der Waals surface area contributed by atoms with Gasteiger partial charge in [-0.2, -0.15) is 0 Å². The van der Waals surface area contributed by atoms with E-state index in [1.54, 1.807) is 6.20 Å². The lowest BCUT2D eigenvalue weighted by molar-refractivity contribution is 0.0945. The van der Waals surface area contributed by atoms with Crippen LogP contribution in [0.4, 0.5) is 5.82 Å². The van der Waals surface area contributed by atoms with Gasteiger partial charge in [0, 0.05) is 31.9 Å². The molecule has 2 aromatic heterocycles. The second-order valence-corrected chi connectivity index (χ2v) is 7.37. The highest BCUT2D eigenvalue weighted by molar-refractivity contribution is 5.94. The second-order valence-electron chi connectivity index (χ2n) is 7.37. The van der Waals surface area contributed by atoms with Gasteiger partial charge >= 0.3 is 0 Å². The van der Waals surface area contributed by atoms with Crippen LogP contribution in [0.1, 0.15) is 47.5 Å². The average Bonchev–Trinajstić information content (AvgIpc) is 3.08. The minimum Gasteiger partial charge on any atom is -0.359 e. The summed E-state index contributed by atoms with van der Waals surface area (Å²) in [6, 6.07) is 6.15. The molecule has 1 N–H and O–H groups in total. The Balaban J connectivity index is 1.48. The van der Waals surface area contributed by atoms with E-state index in [1.165, 1.54) is 19.3 Å². The van der Waals surface area contributed by atoms with E-state index in [2.05, 4.69) is 27.4 Å². The summed E-state index contributed by atoms with van der Waals surface area (Å²) in [6.45, 7) is 4.32. The Kier molecular flexibility index (Phi) is 6.45. The fourth-order valence-corrected chi connectivity index (χ4v) is 3.51. The number of nitrogens with one attached hydrogen (secondary N) is 1. The summed E-state index contributed by atoms with van der Waals surface area (Å²) < 4.78 is 5.23. The molecule has 1 saturated heterocycles. The summed E-state index contributed by atoms with van der Waals surface area (Å²) in [6.07, 6.45) is 6.41. The molecule has 1 aliphatic heterocycles. The zero-order valence-electron chi connectivity index (χ0n) is 16.4. The Labute approximate surface area is 160 Å². The van der Waals surface area contributed by atoms with E-state index in [0.717, 1.165) is 30.2 Å². The standard InChI is InChI=1S/C20H29N5O2/c1-15-12-18(27-23-15)14-25(3)19-8-7-16(13-22-19)20(26)21-10-9-17-6-4-5-11-24(17)2/h7-8,12-13,17H,4-6,9-11,14H2,1-3H3,(H,21,26)/t17-/m1/s1. The highest BCUT2D eigenvalue weighted by atomic mass is 16.5. The number of piperidine rings is 1. The van der Waals surface area contributed by atoms with Gasteiger partial charge in [-0.25, -0.2) is 4.98 Å². The zero-order valence-corrected chi connectivity index (χ0v) is 16.4. The van der Waals surface area contributed by atoms with Crippen LogP contribution in [-0.4, -0.2) is 54.2 Å². The summed E-state index contributed by atoms with van der Waals surface area (Å²) >= 11 is 0. The molecule has 1 amide bonds. The van der Waals surface area contributed by atoms with E-state index in [9.17, 15) is 4.79 Å². The predicted molar refractivity (Wildman–Crippen MR) is 105 cm³/mol. The van der Waals surface area contributed by atoms with E-state index in [1.807, 2.05) is 37.1 Å². The minimum atomic E-state index is -0.0685. The molecule has 2 aromatic rings. The predicted octanol–water partition coefficient (Wildman–Crippen LogP) is 2.62. The number of amides is 1. The topological polar surface area (TPSA) is 74.5 Å². The van der Waals surface area contributed by atoms with Gasteiger partial charge in [0.05, 0.1) is 17.8 Å². The van der Waals surface area contributed by atoms with Crippen LogP contribution in [0.15, 0.2) is 28.9 Å². The van der Waals surface area contributed by atoms with Crippen LogP contribution >= 0.6 is 0 Å². The molecular formula is C20H29N5O2. The first kappa shape index (κ1) is 19.4. The molecule has 0 aliphatic carbocycles. The highest BCUT2D eigenvalue weighted by Crippen LogP contribution is 2.17. The molecule has 3 heterocycles. The van der Waals surface area contributed by atoms with Crippen molar-refractivity contribution in [3.05, 3.63) is 41.4 Å².